The van der Waals surface area contributed by atoms with Crippen molar-refractivity contribution in [1.29, 1.82) is 0 Å². The quantitative estimate of drug-likeness (QED) is 0.648. The van der Waals surface area contributed by atoms with Crippen LogP contribution in [-0.2, 0) is 9.59 Å². The number of rotatable bonds is 5. The molecular weight excluding hydrogens is 196 g/mol. The summed E-state index contributed by atoms with van der Waals surface area (Å²) >= 11 is 0. The van der Waals surface area contributed by atoms with Gasteiger partial charge in [-0.3, -0.25) is 9.59 Å². The van der Waals surface area contributed by atoms with Crippen molar-refractivity contribution in [2.75, 3.05) is 19.7 Å². The zero-order valence-corrected chi connectivity index (χ0v) is 9.03. The molecule has 0 aromatic rings. The number of nitrogens with zero attached hydrogens (tertiary/aromatic N) is 1. The maximum atomic E-state index is 11.5. The molecule has 86 valence electrons. The van der Waals surface area contributed by atoms with E-state index in [9.17, 15) is 9.59 Å². The van der Waals surface area contributed by atoms with Crippen LogP contribution in [0.5, 0.6) is 0 Å². The van der Waals surface area contributed by atoms with Crippen LogP contribution in [0.3, 0.4) is 0 Å². The summed E-state index contributed by atoms with van der Waals surface area (Å²) in [5, 5.41) is 11.6. The number of hydrogen-bond donors (Lipinski definition) is 2. The molecule has 1 atom stereocenters. The van der Waals surface area contributed by atoms with Crippen molar-refractivity contribution in [3.8, 4) is 0 Å². The number of hydrogen-bond acceptors (Lipinski definition) is 3. The molecular formula is C10H18N2O3. The number of amides is 2. The molecule has 1 rings (SSSR count). The highest BCUT2D eigenvalue weighted by molar-refractivity contribution is 5.85. The second-order valence-electron chi connectivity index (χ2n) is 3.77. The average Bonchev–Trinajstić information content (AvgIpc) is 2.61. The number of aliphatic hydroxyl groups excluding tert-OH is 1. The van der Waals surface area contributed by atoms with Crippen molar-refractivity contribution in [2.45, 2.75) is 32.2 Å². The van der Waals surface area contributed by atoms with Gasteiger partial charge in [0, 0.05) is 13.0 Å². The van der Waals surface area contributed by atoms with Gasteiger partial charge < -0.3 is 15.3 Å². The van der Waals surface area contributed by atoms with Crippen LogP contribution in [0.15, 0.2) is 0 Å². The highest BCUT2D eigenvalue weighted by Crippen LogP contribution is 2.08. The second kappa shape index (κ2) is 5.70. The molecule has 1 heterocycles. The van der Waals surface area contributed by atoms with Crippen LogP contribution < -0.4 is 5.32 Å². The third kappa shape index (κ3) is 3.51. The molecule has 1 saturated heterocycles. The minimum atomic E-state index is -0.199. The standard InChI is InChI=1S/C10H18N2O3/c1-2-8(7-13)11-9(14)6-12-5-3-4-10(12)15/h8,13H,2-7H2,1H3,(H,11,14)/t8-/m1/s1. The highest BCUT2D eigenvalue weighted by atomic mass is 16.3. The first kappa shape index (κ1) is 12.0. The molecule has 1 aliphatic heterocycles. The normalized spacial score (nSPS) is 18.0. The molecule has 0 unspecified atom stereocenters. The Kier molecular flexibility index (Phi) is 4.55. The van der Waals surface area contributed by atoms with E-state index < -0.39 is 0 Å². The van der Waals surface area contributed by atoms with Crippen molar-refractivity contribution >= 4 is 11.8 Å². The van der Waals surface area contributed by atoms with E-state index >= 15 is 0 Å². The van der Waals surface area contributed by atoms with E-state index in [1.54, 1.807) is 4.90 Å². The zero-order chi connectivity index (χ0) is 11.3. The molecule has 2 amide bonds. The number of carbonyl (C=O) groups is 2. The Balaban J connectivity index is 2.31. The molecule has 0 saturated carbocycles. The van der Waals surface area contributed by atoms with Crippen LogP contribution in [0.2, 0.25) is 0 Å². The Morgan fingerprint density at radius 2 is 2.40 bits per heavy atom. The largest absolute Gasteiger partial charge is 0.394 e. The smallest absolute Gasteiger partial charge is 0.239 e. The molecule has 0 radical (unpaired) electrons. The topological polar surface area (TPSA) is 69.6 Å². The van der Waals surface area contributed by atoms with Gasteiger partial charge in [-0.2, -0.15) is 0 Å². The first-order valence-electron chi connectivity index (χ1n) is 5.35. The second-order valence-corrected chi connectivity index (χ2v) is 3.77. The van der Waals surface area contributed by atoms with Gasteiger partial charge in [0.1, 0.15) is 0 Å². The highest BCUT2D eigenvalue weighted by Gasteiger charge is 2.22. The number of aliphatic hydroxyl groups is 1. The van der Waals surface area contributed by atoms with Crippen LogP contribution in [-0.4, -0.2) is 47.6 Å². The minimum Gasteiger partial charge on any atom is -0.394 e. The first-order valence-corrected chi connectivity index (χ1v) is 5.35. The first-order chi connectivity index (χ1) is 7.17. The fourth-order valence-electron chi connectivity index (χ4n) is 1.59. The van der Waals surface area contributed by atoms with Crippen LogP contribution >= 0.6 is 0 Å². The Morgan fingerprint density at radius 3 is 2.87 bits per heavy atom. The lowest BCUT2D eigenvalue weighted by molar-refractivity contribution is -0.133. The number of likely N-dealkylation sites (tertiary alicyclic amines) is 1. The van der Waals surface area contributed by atoms with E-state index in [-0.39, 0.29) is 31.0 Å². The van der Waals surface area contributed by atoms with E-state index in [0.29, 0.717) is 19.4 Å². The van der Waals surface area contributed by atoms with E-state index in [4.69, 9.17) is 5.11 Å². The minimum absolute atomic E-state index is 0.0437. The van der Waals surface area contributed by atoms with Crippen LogP contribution in [0.25, 0.3) is 0 Å². The molecule has 0 bridgehead atoms. The Morgan fingerprint density at radius 1 is 1.67 bits per heavy atom. The van der Waals surface area contributed by atoms with Gasteiger partial charge >= 0.3 is 0 Å². The molecule has 5 nitrogen and oxygen atoms in total. The third-order valence-corrected chi connectivity index (χ3v) is 2.58. The van der Waals surface area contributed by atoms with Gasteiger partial charge in [0.05, 0.1) is 19.2 Å². The molecule has 0 aromatic carbocycles. The molecule has 15 heavy (non-hydrogen) atoms. The van der Waals surface area contributed by atoms with Crippen LogP contribution in [0, 0.1) is 0 Å². The van der Waals surface area contributed by atoms with Gasteiger partial charge in [0.15, 0.2) is 0 Å². The summed E-state index contributed by atoms with van der Waals surface area (Å²) in [7, 11) is 0. The predicted molar refractivity (Wildman–Crippen MR) is 55.1 cm³/mol. The molecule has 0 aromatic heterocycles. The van der Waals surface area contributed by atoms with Gasteiger partial charge in [0.2, 0.25) is 11.8 Å². The molecule has 1 fully saturated rings. The van der Waals surface area contributed by atoms with Gasteiger partial charge in [-0.05, 0) is 12.8 Å². The van der Waals surface area contributed by atoms with Gasteiger partial charge in [-0.1, -0.05) is 6.92 Å². The number of nitrogens with one attached hydrogen (secondary N) is 1. The lowest BCUT2D eigenvalue weighted by atomic mass is 10.2. The van der Waals surface area contributed by atoms with Crippen LogP contribution in [0.4, 0.5) is 0 Å². The summed E-state index contributed by atoms with van der Waals surface area (Å²) in [6, 6.07) is -0.199. The fraction of sp³-hybridized carbons (Fsp3) is 0.800. The summed E-state index contributed by atoms with van der Waals surface area (Å²) in [5.74, 6) is -0.145. The Hall–Kier alpha value is -1.10. The van der Waals surface area contributed by atoms with Crippen molar-refractivity contribution in [2.24, 2.45) is 0 Å². The van der Waals surface area contributed by atoms with Crippen molar-refractivity contribution < 1.29 is 14.7 Å². The van der Waals surface area contributed by atoms with Gasteiger partial charge in [0.25, 0.3) is 0 Å². The average molecular weight is 214 g/mol. The van der Waals surface area contributed by atoms with Crippen molar-refractivity contribution in [3.63, 3.8) is 0 Å². The molecule has 0 spiro atoms. The van der Waals surface area contributed by atoms with Crippen molar-refractivity contribution in [3.05, 3.63) is 0 Å². The SMILES string of the molecule is CC[C@H](CO)NC(=O)CN1CCCC1=O. The molecule has 5 heteroatoms. The van der Waals surface area contributed by atoms with E-state index in [2.05, 4.69) is 5.32 Å². The number of carbonyl (C=O) groups excluding carboxylic acids is 2. The summed E-state index contributed by atoms with van der Waals surface area (Å²) in [6.45, 7) is 2.62. The zero-order valence-electron chi connectivity index (χ0n) is 9.03. The third-order valence-electron chi connectivity index (χ3n) is 2.58. The summed E-state index contributed by atoms with van der Waals surface area (Å²) in [5.41, 5.74) is 0. The monoisotopic (exact) mass is 214 g/mol. The van der Waals surface area contributed by atoms with Crippen molar-refractivity contribution in [1.82, 2.24) is 10.2 Å². The Labute approximate surface area is 89.4 Å². The lowest BCUT2D eigenvalue weighted by Crippen LogP contribution is -2.43. The van der Waals surface area contributed by atoms with E-state index in [1.165, 1.54) is 0 Å². The van der Waals surface area contributed by atoms with E-state index in [1.807, 2.05) is 6.92 Å². The molecule has 2 N–H and O–H groups in total. The summed E-state index contributed by atoms with van der Waals surface area (Å²) in [6.07, 6.45) is 2.07. The fourth-order valence-corrected chi connectivity index (χ4v) is 1.59. The van der Waals surface area contributed by atoms with Crippen LogP contribution in [0.1, 0.15) is 26.2 Å². The molecule has 0 aliphatic carbocycles. The van der Waals surface area contributed by atoms with Gasteiger partial charge in [-0.15, -0.1) is 0 Å². The summed E-state index contributed by atoms with van der Waals surface area (Å²) < 4.78 is 0. The van der Waals surface area contributed by atoms with Gasteiger partial charge in [-0.25, -0.2) is 0 Å². The maximum Gasteiger partial charge on any atom is 0.239 e. The predicted octanol–water partition coefficient (Wildman–Crippen LogP) is -0.504. The Bertz CT molecular complexity index is 239. The molecule has 1 aliphatic rings. The lowest BCUT2D eigenvalue weighted by Gasteiger charge is -2.18. The van der Waals surface area contributed by atoms with E-state index in [0.717, 1.165) is 6.42 Å². The maximum absolute atomic E-state index is 11.5. The summed E-state index contributed by atoms with van der Waals surface area (Å²) in [4.78, 5) is 24.2.